The molecule has 0 saturated carbocycles. The SMILES string of the molecule is Cc1ccc(C=C2CCn3c2nc2cc(NC(=O)C(=O)O)ccc2c3=O)cc1. The minimum atomic E-state index is -1.58. The average Bonchev–Trinajstić information content (AvgIpc) is 3.06. The molecule has 1 aliphatic heterocycles. The number of rotatable bonds is 2. The second-order valence-electron chi connectivity index (χ2n) is 6.71. The van der Waals surface area contributed by atoms with Gasteiger partial charge in [-0.15, -0.1) is 0 Å². The fraction of sp³-hybridized carbons (Fsp3) is 0.143. The summed E-state index contributed by atoms with van der Waals surface area (Å²) >= 11 is 0. The Morgan fingerprint density at radius 3 is 2.64 bits per heavy atom. The summed E-state index contributed by atoms with van der Waals surface area (Å²) in [7, 11) is 0. The van der Waals surface area contributed by atoms with Crippen molar-refractivity contribution in [1.82, 2.24) is 9.55 Å². The van der Waals surface area contributed by atoms with E-state index >= 15 is 0 Å². The molecule has 4 rings (SSSR count). The highest BCUT2D eigenvalue weighted by molar-refractivity contribution is 6.36. The highest BCUT2D eigenvalue weighted by atomic mass is 16.4. The van der Waals surface area contributed by atoms with Crippen LogP contribution in [-0.2, 0) is 16.1 Å². The van der Waals surface area contributed by atoms with Gasteiger partial charge in [-0.2, -0.15) is 0 Å². The van der Waals surface area contributed by atoms with E-state index in [1.54, 1.807) is 10.6 Å². The number of allylic oxidation sites excluding steroid dienone is 1. The summed E-state index contributed by atoms with van der Waals surface area (Å²) in [6.45, 7) is 2.59. The van der Waals surface area contributed by atoms with Crippen molar-refractivity contribution >= 4 is 40.1 Å². The Hall–Kier alpha value is -3.74. The van der Waals surface area contributed by atoms with Crippen LogP contribution in [0.4, 0.5) is 5.69 Å². The summed E-state index contributed by atoms with van der Waals surface area (Å²) in [5.41, 5.74) is 3.71. The predicted molar refractivity (Wildman–Crippen MR) is 106 cm³/mol. The molecular formula is C21H17N3O4. The Morgan fingerprint density at radius 1 is 1.18 bits per heavy atom. The van der Waals surface area contributed by atoms with E-state index in [0.717, 1.165) is 11.1 Å². The van der Waals surface area contributed by atoms with Crippen molar-refractivity contribution in [3.8, 4) is 0 Å². The molecule has 7 nitrogen and oxygen atoms in total. The maximum absolute atomic E-state index is 12.8. The molecule has 1 aliphatic rings. The van der Waals surface area contributed by atoms with E-state index in [4.69, 9.17) is 5.11 Å². The van der Waals surface area contributed by atoms with E-state index in [1.807, 2.05) is 37.3 Å². The molecule has 140 valence electrons. The van der Waals surface area contributed by atoms with E-state index in [0.29, 0.717) is 29.7 Å². The first kappa shape index (κ1) is 17.7. The van der Waals surface area contributed by atoms with Gasteiger partial charge in [0, 0.05) is 12.2 Å². The number of hydrogen-bond acceptors (Lipinski definition) is 4. The average molecular weight is 375 g/mol. The Morgan fingerprint density at radius 2 is 1.93 bits per heavy atom. The molecule has 3 aromatic rings. The number of fused-ring (bicyclic) bond motifs is 2. The monoisotopic (exact) mass is 375 g/mol. The molecule has 1 aromatic heterocycles. The van der Waals surface area contributed by atoms with Crippen LogP contribution in [0.1, 0.15) is 23.4 Å². The summed E-state index contributed by atoms with van der Waals surface area (Å²) in [6, 6.07) is 12.7. The second kappa shape index (κ2) is 6.77. The van der Waals surface area contributed by atoms with Gasteiger partial charge >= 0.3 is 11.9 Å². The number of aliphatic carboxylic acids is 1. The highest BCUT2D eigenvalue weighted by Crippen LogP contribution is 2.28. The molecule has 2 aromatic carbocycles. The number of benzene rings is 2. The number of anilines is 1. The number of hydrogen-bond donors (Lipinski definition) is 2. The van der Waals surface area contributed by atoms with Crippen molar-refractivity contribution < 1.29 is 14.7 Å². The molecule has 0 spiro atoms. The lowest BCUT2D eigenvalue weighted by Crippen LogP contribution is -2.23. The molecule has 0 fully saturated rings. The minimum absolute atomic E-state index is 0.150. The maximum Gasteiger partial charge on any atom is 0.394 e. The van der Waals surface area contributed by atoms with Gasteiger partial charge in [-0.05, 0) is 48.8 Å². The Bertz CT molecular complexity index is 1210. The van der Waals surface area contributed by atoms with Crippen molar-refractivity contribution in [3.63, 3.8) is 0 Å². The first-order valence-corrected chi connectivity index (χ1v) is 8.79. The van der Waals surface area contributed by atoms with Crippen LogP contribution >= 0.6 is 0 Å². The Balaban J connectivity index is 1.78. The standard InChI is InChI=1S/C21H17N3O4/c1-12-2-4-13(5-3-12)10-14-8-9-24-18(14)23-17-11-15(22-19(25)21(27)28)6-7-16(17)20(24)26/h2-7,10-11H,8-9H2,1H3,(H,22,25)(H,27,28). The van der Waals surface area contributed by atoms with Crippen LogP contribution in [0.3, 0.4) is 0 Å². The van der Waals surface area contributed by atoms with Crippen molar-refractivity contribution in [3.05, 3.63) is 69.8 Å². The van der Waals surface area contributed by atoms with Gasteiger partial charge in [0.1, 0.15) is 5.82 Å². The van der Waals surface area contributed by atoms with Crippen molar-refractivity contribution in [2.45, 2.75) is 19.9 Å². The van der Waals surface area contributed by atoms with Gasteiger partial charge in [-0.25, -0.2) is 9.78 Å². The Kier molecular flexibility index (Phi) is 4.27. The van der Waals surface area contributed by atoms with Crippen molar-refractivity contribution in [2.75, 3.05) is 5.32 Å². The van der Waals surface area contributed by atoms with Gasteiger partial charge in [-0.3, -0.25) is 14.2 Å². The summed E-state index contributed by atoms with van der Waals surface area (Å²) in [4.78, 5) is 39.5. The number of carboxylic acid groups (broad SMARTS) is 1. The molecule has 28 heavy (non-hydrogen) atoms. The number of carbonyl (C=O) groups is 2. The third kappa shape index (κ3) is 3.18. The number of aryl methyl sites for hydroxylation is 1. The first-order valence-electron chi connectivity index (χ1n) is 8.79. The van der Waals surface area contributed by atoms with Crippen molar-refractivity contribution in [1.29, 1.82) is 0 Å². The molecule has 1 amide bonds. The lowest BCUT2D eigenvalue weighted by molar-refractivity contribution is -0.147. The van der Waals surface area contributed by atoms with Crippen LogP contribution in [0.15, 0.2) is 47.3 Å². The van der Waals surface area contributed by atoms with E-state index in [1.165, 1.54) is 17.7 Å². The molecule has 2 N–H and O–H groups in total. The Labute approximate surface area is 160 Å². The largest absolute Gasteiger partial charge is 0.474 e. The van der Waals surface area contributed by atoms with Crippen LogP contribution in [-0.4, -0.2) is 26.5 Å². The third-order valence-corrected chi connectivity index (χ3v) is 4.72. The molecule has 0 saturated heterocycles. The fourth-order valence-electron chi connectivity index (χ4n) is 3.28. The molecule has 0 aliphatic carbocycles. The highest BCUT2D eigenvalue weighted by Gasteiger charge is 2.21. The summed E-state index contributed by atoms with van der Waals surface area (Å²) < 4.78 is 1.65. The number of carboxylic acids is 1. The van der Waals surface area contributed by atoms with E-state index in [-0.39, 0.29) is 11.2 Å². The van der Waals surface area contributed by atoms with Gasteiger partial charge < -0.3 is 10.4 Å². The molecule has 0 unspecified atom stereocenters. The second-order valence-corrected chi connectivity index (χ2v) is 6.71. The van der Waals surface area contributed by atoms with E-state index in [2.05, 4.69) is 10.3 Å². The summed E-state index contributed by atoms with van der Waals surface area (Å²) in [5.74, 6) is -2.12. The topological polar surface area (TPSA) is 101 Å². The minimum Gasteiger partial charge on any atom is -0.474 e. The number of nitrogens with zero attached hydrogens (tertiary/aromatic N) is 2. The number of carbonyl (C=O) groups excluding carboxylic acids is 1. The van der Waals surface area contributed by atoms with Crippen molar-refractivity contribution in [2.24, 2.45) is 0 Å². The van der Waals surface area contributed by atoms with Gasteiger partial charge in [0.05, 0.1) is 10.9 Å². The zero-order valence-corrected chi connectivity index (χ0v) is 15.1. The first-order chi connectivity index (χ1) is 13.4. The third-order valence-electron chi connectivity index (χ3n) is 4.72. The van der Waals surface area contributed by atoms with Crippen LogP contribution in [0.5, 0.6) is 0 Å². The summed E-state index contributed by atoms with van der Waals surface area (Å²) in [6.07, 6.45) is 2.72. The fourth-order valence-corrected chi connectivity index (χ4v) is 3.28. The van der Waals surface area contributed by atoms with Gasteiger partial charge in [0.15, 0.2) is 0 Å². The van der Waals surface area contributed by atoms with Crippen LogP contribution in [0.25, 0.3) is 22.6 Å². The maximum atomic E-state index is 12.8. The van der Waals surface area contributed by atoms with Crippen LogP contribution in [0, 0.1) is 6.92 Å². The lowest BCUT2D eigenvalue weighted by Gasteiger charge is -2.08. The van der Waals surface area contributed by atoms with Gasteiger partial charge in [0.2, 0.25) is 0 Å². The smallest absolute Gasteiger partial charge is 0.394 e. The van der Waals surface area contributed by atoms with Gasteiger partial charge in [-0.1, -0.05) is 29.8 Å². The quantitative estimate of drug-likeness (QED) is 0.671. The van der Waals surface area contributed by atoms with Gasteiger partial charge in [0.25, 0.3) is 5.56 Å². The molecule has 0 atom stereocenters. The normalized spacial score (nSPS) is 14.2. The predicted octanol–water partition coefficient (Wildman–Crippen LogP) is 2.67. The number of amides is 1. The molecule has 0 bridgehead atoms. The van der Waals surface area contributed by atoms with Crippen LogP contribution in [0.2, 0.25) is 0 Å². The number of nitrogens with one attached hydrogen (secondary N) is 1. The molecule has 2 heterocycles. The van der Waals surface area contributed by atoms with Crippen LogP contribution < -0.4 is 10.9 Å². The molecule has 7 heteroatoms. The lowest BCUT2D eigenvalue weighted by atomic mass is 10.1. The zero-order valence-electron chi connectivity index (χ0n) is 15.1. The zero-order chi connectivity index (χ0) is 19.8. The molecular weight excluding hydrogens is 358 g/mol. The van der Waals surface area contributed by atoms with E-state index in [9.17, 15) is 14.4 Å². The van der Waals surface area contributed by atoms with E-state index < -0.39 is 11.9 Å². The number of aromatic nitrogens is 2. The summed E-state index contributed by atoms with van der Waals surface area (Å²) in [5, 5.41) is 11.4. The molecule has 0 radical (unpaired) electrons.